The summed E-state index contributed by atoms with van der Waals surface area (Å²) in [6, 6.07) is 8.81. The fourth-order valence-corrected chi connectivity index (χ4v) is 1.60. The van der Waals surface area contributed by atoms with Crippen molar-refractivity contribution in [2.75, 3.05) is 0 Å². The highest BCUT2D eigenvalue weighted by Gasteiger charge is 2.20. The molecule has 0 aliphatic rings. The zero-order valence-corrected chi connectivity index (χ0v) is 8.56. The van der Waals surface area contributed by atoms with Crippen LogP contribution in [0.1, 0.15) is 0 Å². The van der Waals surface area contributed by atoms with Crippen LogP contribution in [0, 0.1) is 21.7 Å². The molecule has 0 atom stereocenters. The van der Waals surface area contributed by atoms with Crippen LogP contribution in [0.4, 0.5) is 14.5 Å². The van der Waals surface area contributed by atoms with Crippen molar-refractivity contribution < 1.29 is 13.7 Å². The van der Waals surface area contributed by atoms with E-state index in [9.17, 15) is 18.9 Å². The SMILES string of the molecule is O=[N+]([O-])c1ccccc1-c1c(F)cccc1F. The Morgan fingerprint density at radius 2 is 1.53 bits per heavy atom. The second-order valence-corrected chi connectivity index (χ2v) is 3.37. The summed E-state index contributed by atoms with van der Waals surface area (Å²) in [5, 5.41) is 10.8. The normalized spacial score (nSPS) is 10.2. The van der Waals surface area contributed by atoms with Crippen LogP contribution in [-0.2, 0) is 0 Å². The predicted octanol–water partition coefficient (Wildman–Crippen LogP) is 3.54. The molecule has 0 heterocycles. The molecule has 0 N–H and O–H groups in total. The van der Waals surface area contributed by atoms with E-state index in [4.69, 9.17) is 0 Å². The summed E-state index contributed by atoms with van der Waals surface area (Å²) in [6.07, 6.45) is 0. The molecule has 0 radical (unpaired) electrons. The first kappa shape index (κ1) is 11.2. The summed E-state index contributed by atoms with van der Waals surface area (Å²) in [5.74, 6) is -1.64. The molecule has 0 aliphatic heterocycles. The second-order valence-electron chi connectivity index (χ2n) is 3.37. The number of nitro benzene ring substituents is 1. The quantitative estimate of drug-likeness (QED) is 0.590. The number of hydrogen-bond acceptors (Lipinski definition) is 2. The number of rotatable bonds is 2. The maximum atomic E-state index is 13.5. The number of nitro groups is 1. The Bertz CT molecular complexity index is 564. The van der Waals surface area contributed by atoms with Gasteiger partial charge in [0.25, 0.3) is 5.69 Å². The third-order valence-corrected chi connectivity index (χ3v) is 2.33. The second kappa shape index (κ2) is 4.29. The van der Waals surface area contributed by atoms with E-state index in [1.165, 1.54) is 30.3 Å². The third-order valence-electron chi connectivity index (χ3n) is 2.33. The van der Waals surface area contributed by atoms with E-state index in [1.807, 2.05) is 0 Å². The van der Waals surface area contributed by atoms with Crippen LogP contribution < -0.4 is 0 Å². The first-order chi connectivity index (χ1) is 8.11. The van der Waals surface area contributed by atoms with Crippen LogP contribution in [0.25, 0.3) is 11.1 Å². The van der Waals surface area contributed by atoms with Crippen molar-refractivity contribution in [1.29, 1.82) is 0 Å². The van der Waals surface area contributed by atoms with E-state index >= 15 is 0 Å². The molecule has 0 spiro atoms. The van der Waals surface area contributed by atoms with Gasteiger partial charge in [0.15, 0.2) is 0 Å². The van der Waals surface area contributed by atoms with Crippen LogP contribution >= 0.6 is 0 Å². The molecule has 2 aromatic carbocycles. The van der Waals surface area contributed by atoms with Crippen molar-refractivity contribution in [3.05, 3.63) is 64.2 Å². The average molecular weight is 235 g/mol. The Morgan fingerprint density at radius 3 is 2.12 bits per heavy atom. The molecule has 0 bridgehead atoms. The lowest BCUT2D eigenvalue weighted by atomic mass is 10.0. The van der Waals surface area contributed by atoms with Gasteiger partial charge in [-0.3, -0.25) is 10.1 Å². The van der Waals surface area contributed by atoms with Gasteiger partial charge in [-0.15, -0.1) is 0 Å². The highest BCUT2D eigenvalue weighted by molar-refractivity contribution is 5.74. The van der Waals surface area contributed by atoms with Crippen molar-refractivity contribution in [2.24, 2.45) is 0 Å². The maximum Gasteiger partial charge on any atom is 0.277 e. The topological polar surface area (TPSA) is 43.1 Å². The average Bonchev–Trinajstić information content (AvgIpc) is 2.29. The molecular weight excluding hydrogens is 228 g/mol. The Balaban J connectivity index is 2.73. The lowest BCUT2D eigenvalue weighted by molar-refractivity contribution is -0.384. The molecule has 0 fully saturated rings. The smallest absolute Gasteiger partial charge is 0.258 e. The van der Waals surface area contributed by atoms with E-state index < -0.39 is 16.6 Å². The zero-order valence-electron chi connectivity index (χ0n) is 8.56. The lowest BCUT2D eigenvalue weighted by Gasteiger charge is -2.05. The molecule has 0 amide bonds. The van der Waals surface area contributed by atoms with Crippen LogP contribution in [0.3, 0.4) is 0 Å². The molecule has 5 heteroatoms. The van der Waals surface area contributed by atoms with Crippen LogP contribution in [-0.4, -0.2) is 4.92 Å². The molecule has 2 aromatic rings. The van der Waals surface area contributed by atoms with Crippen molar-refractivity contribution in [2.45, 2.75) is 0 Å². The number of hydrogen-bond donors (Lipinski definition) is 0. The van der Waals surface area contributed by atoms with Crippen molar-refractivity contribution >= 4 is 5.69 Å². The first-order valence-electron chi connectivity index (χ1n) is 4.79. The highest BCUT2D eigenvalue weighted by atomic mass is 19.1. The molecule has 0 aliphatic carbocycles. The molecule has 0 unspecified atom stereocenters. The first-order valence-corrected chi connectivity index (χ1v) is 4.79. The Morgan fingerprint density at radius 1 is 0.941 bits per heavy atom. The van der Waals surface area contributed by atoms with Crippen molar-refractivity contribution in [3.63, 3.8) is 0 Å². The van der Waals surface area contributed by atoms with Crippen molar-refractivity contribution in [3.8, 4) is 11.1 Å². The van der Waals surface area contributed by atoms with Crippen molar-refractivity contribution in [1.82, 2.24) is 0 Å². The summed E-state index contributed by atoms with van der Waals surface area (Å²) in [5.41, 5.74) is -0.760. The molecule has 3 nitrogen and oxygen atoms in total. The van der Waals surface area contributed by atoms with Gasteiger partial charge < -0.3 is 0 Å². The van der Waals surface area contributed by atoms with Gasteiger partial charge in [-0.25, -0.2) is 8.78 Å². The van der Waals surface area contributed by atoms with Gasteiger partial charge in [0.05, 0.1) is 16.1 Å². The number of para-hydroxylation sites is 1. The van der Waals surface area contributed by atoms with E-state index in [-0.39, 0.29) is 16.8 Å². The molecule has 0 aromatic heterocycles. The monoisotopic (exact) mass is 235 g/mol. The minimum absolute atomic E-state index is 0.0619. The van der Waals surface area contributed by atoms with Gasteiger partial charge in [-0.05, 0) is 18.2 Å². The Kier molecular flexibility index (Phi) is 2.82. The van der Waals surface area contributed by atoms with Gasteiger partial charge >= 0.3 is 0 Å². The summed E-state index contributed by atoms with van der Waals surface area (Å²) in [6.45, 7) is 0. The largest absolute Gasteiger partial charge is 0.277 e. The highest BCUT2D eigenvalue weighted by Crippen LogP contribution is 2.33. The minimum atomic E-state index is -0.820. The van der Waals surface area contributed by atoms with Crippen LogP contribution in [0.2, 0.25) is 0 Å². The zero-order chi connectivity index (χ0) is 12.4. The van der Waals surface area contributed by atoms with E-state index in [0.29, 0.717) is 0 Å². The third kappa shape index (κ3) is 1.99. The van der Waals surface area contributed by atoms with Gasteiger partial charge in [0.2, 0.25) is 0 Å². The summed E-state index contributed by atoms with van der Waals surface area (Å²) in [7, 11) is 0. The standard InChI is InChI=1S/C12H7F2NO2/c13-9-5-3-6-10(14)12(9)8-4-1-2-7-11(8)15(16)17/h1-7H. The molecular formula is C12H7F2NO2. The van der Waals surface area contributed by atoms with Gasteiger partial charge in [-0.2, -0.15) is 0 Å². The summed E-state index contributed by atoms with van der Waals surface area (Å²) >= 11 is 0. The molecule has 17 heavy (non-hydrogen) atoms. The minimum Gasteiger partial charge on any atom is -0.258 e. The molecule has 0 saturated carbocycles. The van der Waals surface area contributed by atoms with E-state index in [0.717, 1.165) is 12.1 Å². The fraction of sp³-hybridized carbons (Fsp3) is 0. The molecule has 86 valence electrons. The van der Waals surface area contributed by atoms with Gasteiger partial charge in [-0.1, -0.05) is 18.2 Å². The molecule has 2 rings (SSSR count). The Labute approximate surface area is 95.5 Å². The fourth-order valence-electron chi connectivity index (χ4n) is 1.60. The van der Waals surface area contributed by atoms with Crippen LogP contribution in [0.15, 0.2) is 42.5 Å². The van der Waals surface area contributed by atoms with Gasteiger partial charge in [0.1, 0.15) is 11.6 Å². The summed E-state index contributed by atoms with van der Waals surface area (Å²) in [4.78, 5) is 10.1. The molecule has 0 saturated heterocycles. The number of halogens is 2. The van der Waals surface area contributed by atoms with Gasteiger partial charge in [0, 0.05) is 6.07 Å². The summed E-state index contributed by atoms with van der Waals surface area (Å²) < 4.78 is 27.0. The van der Waals surface area contributed by atoms with Crippen LogP contribution in [0.5, 0.6) is 0 Å². The van der Waals surface area contributed by atoms with E-state index in [2.05, 4.69) is 0 Å². The maximum absolute atomic E-state index is 13.5. The lowest BCUT2D eigenvalue weighted by Crippen LogP contribution is -1.95. The number of benzene rings is 2. The number of nitrogens with zero attached hydrogens (tertiary/aromatic N) is 1. The Hall–Kier alpha value is -2.30. The predicted molar refractivity (Wildman–Crippen MR) is 58.4 cm³/mol. The van der Waals surface area contributed by atoms with E-state index in [1.54, 1.807) is 0 Å².